The van der Waals surface area contributed by atoms with Crippen LogP contribution in [0.25, 0.3) is 0 Å². The predicted molar refractivity (Wildman–Crippen MR) is 65.7 cm³/mol. The number of ether oxygens (including phenoxy) is 1. The molecule has 84 valence electrons. The fourth-order valence-corrected chi connectivity index (χ4v) is 1.92. The molecule has 15 heavy (non-hydrogen) atoms. The van der Waals surface area contributed by atoms with E-state index in [0.29, 0.717) is 0 Å². The Kier molecular flexibility index (Phi) is 4.18. The summed E-state index contributed by atoms with van der Waals surface area (Å²) in [6.07, 6.45) is 0.941. The van der Waals surface area contributed by atoms with Crippen molar-refractivity contribution >= 4 is 11.6 Å². The second kappa shape index (κ2) is 5.00. The summed E-state index contributed by atoms with van der Waals surface area (Å²) < 4.78 is 5.07. The zero-order chi connectivity index (χ0) is 11.5. The smallest absolute Gasteiger partial charge is 0.0502 e. The molecule has 2 heteroatoms. The molecule has 0 saturated heterocycles. The molecular formula is C13H19ClO. The number of methoxy groups -OCH3 is 1. The molecule has 0 unspecified atom stereocenters. The average Bonchev–Trinajstić information content (AvgIpc) is 2.15. The lowest BCUT2D eigenvalue weighted by atomic mass is 9.86. The third kappa shape index (κ3) is 3.51. The third-order valence-corrected chi connectivity index (χ3v) is 2.76. The summed E-state index contributed by atoms with van der Waals surface area (Å²) in [5, 5.41) is 0.851. The van der Waals surface area contributed by atoms with Crippen LogP contribution in [0.15, 0.2) is 18.2 Å². The van der Waals surface area contributed by atoms with Crippen LogP contribution < -0.4 is 0 Å². The molecule has 0 aliphatic heterocycles. The molecule has 0 radical (unpaired) electrons. The molecule has 1 aromatic carbocycles. The number of halogens is 1. The van der Waals surface area contributed by atoms with E-state index in [1.807, 2.05) is 6.07 Å². The highest BCUT2D eigenvalue weighted by Crippen LogP contribution is 2.30. The molecule has 1 aromatic rings. The van der Waals surface area contributed by atoms with Crippen LogP contribution in [-0.2, 0) is 16.6 Å². The Morgan fingerprint density at radius 1 is 1.27 bits per heavy atom. The van der Waals surface area contributed by atoms with Crippen molar-refractivity contribution in [3.05, 3.63) is 34.3 Å². The maximum atomic E-state index is 6.18. The Labute approximate surface area is 97.4 Å². The van der Waals surface area contributed by atoms with Crippen molar-refractivity contribution in [1.29, 1.82) is 0 Å². The first-order valence-electron chi connectivity index (χ1n) is 5.23. The summed E-state index contributed by atoms with van der Waals surface area (Å²) in [4.78, 5) is 0. The van der Waals surface area contributed by atoms with Gasteiger partial charge in [-0.15, -0.1) is 0 Å². The Hall–Kier alpha value is -0.530. The molecule has 0 aromatic heterocycles. The van der Waals surface area contributed by atoms with Crippen LogP contribution in [0.2, 0.25) is 5.02 Å². The van der Waals surface area contributed by atoms with Crippen molar-refractivity contribution < 1.29 is 4.74 Å². The SMILES string of the molecule is COCCc1ccc(Cl)c(C(C)(C)C)c1. The van der Waals surface area contributed by atoms with E-state index in [4.69, 9.17) is 16.3 Å². The van der Waals surface area contributed by atoms with Gasteiger partial charge in [-0.05, 0) is 29.0 Å². The van der Waals surface area contributed by atoms with E-state index in [9.17, 15) is 0 Å². The van der Waals surface area contributed by atoms with Crippen LogP contribution in [0, 0.1) is 0 Å². The van der Waals surface area contributed by atoms with E-state index >= 15 is 0 Å². The van der Waals surface area contributed by atoms with Crippen LogP contribution in [-0.4, -0.2) is 13.7 Å². The molecule has 0 spiro atoms. The molecule has 0 N–H and O–H groups in total. The molecule has 0 aliphatic rings. The van der Waals surface area contributed by atoms with Crippen molar-refractivity contribution in [1.82, 2.24) is 0 Å². The fraction of sp³-hybridized carbons (Fsp3) is 0.538. The second-order valence-corrected chi connectivity index (χ2v) is 5.21. The Balaban J connectivity index is 2.95. The zero-order valence-electron chi connectivity index (χ0n) is 9.93. The minimum atomic E-state index is 0.0974. The Bertz CT molecular complexity index is 326. The topological polar surface area (TPSA) is 9.23 Å². The van der Waals surface area contributed by atoms with Crippen LogP contribution >= 0.6 is 11.6 Å². The molecular weight excluding hydrogens is 208 g/mol. The van der Waals surface area contributed by atoms with Crippen molar-refractivity contribution in [3.63, 3.8) is 0 Å². The van der Waals surface area contributed by atoms with Gasteiger partial charge in [-0.2, -0.15) is 0 Å². The monoisotopic (exact) mass is 226 g/mol. The number of hydrogen-bond donors (Lipinski definition) is 0. The van der Waals surface area contributed by atoms with Crippen molar-refractivity contribution in [2.24, 2.45) is 0 Å². The largest absolute Gasteiger partial charge is 0.384 e. The van der Waals surface area contributed by atoms with E-state index < -0.39 is 0 Å². The van der Waals surface area contributed by atoms with Gasteiger partial charge < -0.3 is 4.74 Å². The maximum absolute atomic E-state index is 6.18. The van der Waals surface area contributed by atoms with E-state index in [-0.39, 0.29) is 5.41 Å². The summed E-state index contributed by atoms with van der Waals surface area (Å²) in [5.41, 5.74) is 2.59. The summed E-state index contributed by atoms with van der Waals surface area (Å²) in [6.45, 7) is 7.28. The van der Waals surface area contributed by atoms with Crippen molar-refractivity contribution in [2.45, 2.75) is 32.6 Å². The molecule has 0 atom stereocenters. The highest BCUT2D eigenvalue weighted by Gasteiger charge is 2.17. The van der Waals surface area contributed by atoms with Gasteiger partial charge in [0.05, 0.1) is 6.61 Å². The van der Waals surface area contributed by atoms with Gasteiger partial charge in [-0.3, -0.25) is 0 Å². The molecule has 0 amide bonds. The molecule has 0 fully saturated rings. The van der Waals surface area contributed by atoms with Gasteiger partial charge in [0.25, 0.3) is 0 Å². The zero-order valence-corrected chi connectivity index (χ0v) is 10.7. The fourth-order valence-electron chi connectivity index (χ4n) is 1.52. The van der Waals surface area contributed by atoms with Gasteiger partial charge in [-0.25, -0.2) is 0 Å². The first-order chi connectivity index (χ1) is 6.95. The number of hydrogen-bond acceptors (Lipinski definition) is 1. The van der Waals surface area contributed by atoms with E-state index in [0.717, 1.165) is 18.1 Å². The quantitative estimate of drug-likeness (QED) is 0.761. The van der Waals surface area contributed by atoms with Crippen LogP contribution in [0.1, 0.15) is 31.9 Å². The first kappa shape index (κ1) is 12.5. The second-order valence-electron chi connectivity index (χ2n) is 4.81. The lowest BCUT2D eigenvalue weighted by molar-refractivity contribution is 0.202. The third-order valence-electron chi connectivity index (χ3n) is 2.43. The predicted octanol–water partition coefficient (Wildman–Crippen LogP) is 3.83. The van der Waals surface area contributed by atoms with E-state index in [1.54, 1.807) is 7.11 Å². The lowest BCUT2D eigenvalue weighted by Crippen LogP contribution is -2.12. The van der Waals surface area contributed by atoms with Crippen molar-refractivity contribution in [2.75, 3.05) is 13.7 Å². The maximum Gasteiger partial charge on any atom is 0.0502 e. The van der Waals surface area contributed by atoms with Crippen LogP contribution in [0.5, 0.6) is 0 Å². The number of benzene rings is 1. The molecule has 1 nitrogen and oxygen atoms in total. The minimum Gasteiger partial charge on any atom is -0.384 e. The van der Waals surface area contributed by atoms with E-state index in [2.05, 4.69) is 32.9 Å². The summed E-state index contributed by atoms with van der Waals surface area (Å²) in [6, 6.07) is 6.23. The Morgan fingerprint density at radius 3 is 2.47 bits per heavy atom. The summed E-state index contributed by atoms with van der Waals surface area (Å²) in [5.74, 6) is 0. The summed E-state index contributed by atoms with van der Waals surface area (Å²) in [7, 11) is 1.72. The molecule has 0 aliphatic carbocycles. The molecule has 1 rings (SSSR count). The average molecular weight is 227 g/mol. The minimum absolute atomic E-state index is 0.0974. The number of rotatable bonds is 3. The summed E-state index contributed by atoms with van der Waals surface area (Å²) >= 11 is 6.18. The normalized spacial score (nSPS) is 11.8. The van der Waals surface area contributed by atoms with Gasteiger partial charge in [0.1, 0.15) is 0 Å². The van der Waals surface area contributed by atoms with Gasteiger partial charge in [0, 0.05) is 12.1 Å². The van der Waals surface area contributed by atoms with Crippen molar-refractivity contribution in [3.8, 4) is 0 Å². The lowest BCUT2D eigenvalue weighted by Gasteiger charge is -2.21. The highest BCUT2D eigenvalue weighted by atomic mass is 35.5. The molecule has 0 bridgehead atoms. The molecule has 0 heterocycles. The van der Waals surface area contributed by atoms with Gasteiger partial charge >= 0.3 is 0 Å². The van der Waals surface area contributed by atoms with Gasteiger partial charge in [0.15, 0.2) is 0 Å². The standard InChI is InChI=1S/C13H19ClO/c1-13(2,3)11-9-10(7-8-15-4)5-6-12(11)14/h5-6,9H,7-8H2,1-4H3. The molecule has 0 saturated carbocycles. The van der Waals surface area contributed by atoms with Crippen LogP contribution in [0.3, 0.4) is 0 Å². The van der Waals surface area contributed by atoms with Gasteiger partial charge in [0.2, 0.25) is 0 Å². The first-order valence-corrected chi connectivity index (χ1v) is 5.61. The highest BCUT2D eigenvalue weighted by molar-refractivity contribution is 6.31. The Morgan fingerprint density at radius 2 is 1.93 bits per heavy atom. The van der Waals surface area contributed by atoms with Gasteiger partial charge in [-0.1, -0.05) is 44.5 Å². The van der Waals surface area contributed by atoms with Crippen LogP contribution in [0.4, 0.5) is 0 Å². The van der Waals surface area contributed by atoms with E-state index in [1.165, 1.54) is 11.1 Å².